The summed E-state index contributed by atoms with van der Waals surface area (Å²) in [6.45, 7) is 3.89. The minimum absolute atomic E-state index is 0.255. The van der Waals surface area contributed by atoms with Crippen molar-refractivity contribution in [2.75, 3.05) is 17.7 Å². The Bertz CT molecular complexity index is 1010. The number of methoxy groups -OCH3 is 1. The largest absolute Gasteiger partial charge is 0.465 e. The van der Waals surface area contributed by atoms with Gasteiger partial charge in [-0.3, -0.25) is 9.78 Å². The van der Waals surface area contributed by atoms with Crippen molar-refractivity contribution in [1.82, 2.24) is 4.98 Å². The number of rotatable bonds is 5. The number of hydrogen-bond donors (Lipinski definition) is 2. The van der Waals surface area contributed by atoms with Crippen LogP contribution in [-0.4, -0.2) is 24.0 Å². The summed E-state index contributed by atoms with van der Waals surface area (Å²) in [6, 6.07) is 14.5. The molecular formula is C22H21N3O3. The molecule has 1 amide bonds. The summed E-state index contributed by atoms with van der Waals surface area (Å²) in [6.07, 6.45) is 3.09. The second-order valence-electron chi connectivity index (χ2n) is 6.35. The van der Waals surface area contributed by atoms with Gasteiger partial charge in [0.2, 0.25) is 0 Å². The minimum atomic E-state index is -0.444. The van der Waals surface area contributed by atoms with Gasteiger partial charge in [0, 0.05) is 11.9 Å². The Balaban J connectivity index is 1.83. The van der Waals surface area contributed by atoms with Crippen molar-refractivity contribution < 1.29 is 14.3 Å². The van der Waals surface area contributed by atoms with Gasteiger partial charge in [-0.2, -0.15) is 0 Å². The van der Waals surface area contributed by atoms with Gasteiger partial charge < -0.3 is 15.4 Å². The molecule has 3 aromatic rings. The molecule has 6 heteroatoms. The number of carbonyl (C=O) groups excluding carboxylic acids is 2. The van der Waals surface area contributed by atoms with Gasteiger partial charge in [-0.15, -0.1) is 0 Å². The average Bonchev–Trinajstić information content (AvgIpc) is 2.71. The summed E-state index contributed by atoms with van der Waals surface area (Å²) in [5.41, 5.74) is 4.74. The topological polar surface area (TPSA) is 80.3 Å². The van der Waals surface area contributed by atoms with Gasteiger partial charge >= 0.3 is 5.97 Å². The van der Waals surface area contributed by atoms with Gasteiger partial charge in [0.15, 0.2) is 0 Å². The molecule has 0 unspecified atom stereocenters. The third-order valence-corrected chi connectivity index (χ3v) is 4.33. The van der Waals surface area contributed by atoms with Crippen LogP contribution < -0.4 is 10.6 Å². The molecule has 0 saturated carbocycles. The third kappa shape index (κ3) is 4.17. The number of nitrogens with one attached hydrogen (secondary N) is 2. The molecule has 2 N–H and O–H groups in total. The van der Waals surface area contributed by atoms with E-state index >= 15 is 0 Å². The molecule has 0 aliphatic heterocycles. The zero-order valence-corrected chi connectivity index (χ0v) is 15.9. The third-order valence-electron chi connectivity index (χ3n) is 4.33. The van der Waals surface area contributed by atoms with Crippen LogP contribution in [0, 0.1) is 13.8 Å². The predicted octanol–water partition coefficient (Wildman–Crippen LogP) is 4.48. The molecule has 0 atom stereocenters. The van der Waals surface area contributed by atoms with Crippen molar-refractivity contribution in [3.8, 4) is 0 Å². The Morgan fingerprint density at radius 3 is 2.39 bits per heavy atom. The van der Waals surface area contributed by atoms with Crippen LogP contribution in [0.5, 0.6) is 0 Å². The number of ether oxygens (including phenoxy) is 1. The van der Waals surface area contributed by atoms with Crippen LogP contribution in [0.15, 0.2) is 60.9 Å². The fourth-order valence-corrected chi connectivity index (χ4v) is 2.87. The van der Waals surface area contributed by atoms with Gasteiger partial charge in [0.1, 0.15) is 0 Å². The van der Waals surface area contributed by atoms with Crippen molar-refractivity contribution >= 4 is 28.9 Å². The first-order valence-corrected chi connectivity index (χ1v) is 8.76. The number of amides is 1. The normalized spacial score (nSPS) is 10.2. The lowest BCUT2D eigenvalue weighted by Gasteiger charge is -2.13. The summed E-state index contributed by atoms with van der Waals surface area (Å²) in [5.74, 6) is -0.699. The van der Waals surface area contributed by atoms with Crippen LogP contribution in [0.3, 0.4) is 0 Å². The number of benzene rings is 2. The number of para-hydroxylation sites is 2. The van der Waals surface area contributed by atoms with Crippen molar-refractivity contribution in [3.63, 3.8) is 0 Å². The Hall–Kier alpha value is -3.67. The zero-order valence-electron chi connectivity index (χ0n) is 15.9. The molecule has 0 radical (unpaired) electrons. The van der Waals surface area contributed by atoms with E-state index in [9.17, 15) is 9.59 Å². The maximum atomic E-state index is 12.7. The Morgan fingerprint density at radius 2 is 1.68 bits per heavy atom. The van der Waals surface area contributed by atoms with E-state index in [-0.39, 0.29) is 5.91 Å². The van der Waals surface area contributed by atoms with E-state index in [2.05, 4.69) is 15.6 Å². The molecule has 3 rings (SSSR count). The van der Waals surface area contributed by atoms with E-state index in [1.54, 1.807) is 36.5 Å². The van der Waals surface area contributed by atoms with Gasteiger partial charge in [-0.05, 0) is 43.2 Å². The molecule has 1 aromatic heterocycles. The highest BCUT2D eigenvalue weighted by Gasteiger charge is 2.13. The lowest BCUT2D eigenvalue weighted by atomic mass is 10.1. The number of pyridine rings is 1. The summed E-state index contributed by atoms with van der Waals surface area (Å²) in [7, 11) is 1.33. The molecule has 6 nitrogen and oxygen atoms in total. The summed E-state index contributed by atoms with van der Waals surface area (Å²) in [5, 5.41) is 6.07. The quantitative estimate of drug-likeness (QED) is 0.643. The average molecular weight is 375 g/mol. The lowest BCUT2D eigenvalue weighted by molar-refractivity contribution is 0.0601. The zero-order chi connectivity index (χ0) is 20.1. The van der Waals surface area contributed by atoms with E-state index < -0.39 is 5.97 Å². The van der Waals surface area contributed by atoms with Gasteiger partial charge in [-0.25, -0.2) is 4.79 Å². The second-order valence-corrected chi connectivity index (χ2v) is 6.35. The number of carbonyl (C=O) groups is 2. The van der Waals surface area contributed by atoms with E-state index in [1.807, 2.05) is 32.0 Å². The van der Waals surface area contributed by atoms with Crippen LogP contribution in [0.1, 0.15) is 31.8 Å². The number of anilines is 3. The Labute approximate surface area is 163 Å². The fraction of sp³-hybridized carbons (Fsp3) is 0.136. The first-order valence-electron chi connectivity index (χ1n) is 8.76. The molecule has 28 heavy (non-hydrogen) atoms. The molecule has 2 aromatic carbocycles. The fourth-order valence-electron chi connectivity index (χ4n) is 2.87. The lowest BCUT2D eigenvalue weighted by Crippen LogP contribution is -2.14. The number of esters is 1. The number of hydrogen-bond acceptors (Lipinski definition) is 5. The number of aromatic nitrogens is 1. The molecule has 0 aliphatic rings. The highest BCUT2D eigenvalue weighted by atomic mass is 16.5. The maximum Gasteiger partial charge on any atom is 0.339 e. The van der Waals surface area contributed by atoms with E-state index in [4.69, 9.17) is 4.74 Å². The van der Waals surface area contributed by atoms with Crippen LogP contribution >= 0.6 is 0 Å². The van der Waals surface area contributed by atoms with Crippen LogP contribution in [0.2, 0.25) is 0 Å². The molecular weight excluding hydrogens is 354 g/mol. The molecule has 0 fully saturated rings. The second kappa shape index (κ2) is 8.35. The van der Waals surface area contributed by atoms with Crippen LogP contribution in [0.25, 0.3) is 0 Å². The Kier molecular flexibility index (Phi) is 5.69. The maximum absolute atomic E-state index is 12.7. The monoisotopic (exact) mass is 375 g/mol. The van der Waals surface area contributed by atoms with Gasteiger partial charge in [-0.1, -0.05) is 30.3 Å². The molecule has 0 aliphatic carbocycles. The van der Waals surface area contributed by atoms with Crippen molar-refractivity contribution in [1.29, 1.82) is 0 Å². The van der Waals surface area contributed by atoms with Gasteiger partial charge in [0.05, 0.1) is 35.8 Å². The number of aryl methyl sites for hydroxylation is 2. The molecule has 1 heterocycles. The SMILES string of the molecule is COC(=O)c1ccccc1Nc1cncc(C(=O)Nc2c(C)cccc2C)c1. The standard InChI is InChI=1S/C22H21N3O3/c1-14-7-6-8-15(2)20(14)25-21(26)16-11-17(13-23-12-16)24-19-10-5-4-9-18(19)22(27)28-3/h4-13,24H,1-3H3,(H,25,26). The van der Waals surface area contributed by atoms with Crippen molar-refractivity contribution in [2.45, 2.75) is 13.8 Å². The summed E-state index contributed by atoms with van der Waals surface area (Å²) < 4.78 is 4.81. The Morgan fingerprint density at radius 1 is 0.964 bits per heavy atom. The van der Waals surface area contributed by atoms with Crippen LogP contribution in [-0.2, 0) is 4.74 Å². The molecule has 0 bridgehead atoms. The van der Waals surface area contributed by atoms with Gasteiger partial charge in [0.25, 0.3) is 5.91 Å². The van der Waals surface area contributed by atoms with E-state index in [0.29, 0.717) is 22.5 Å². The minimum Gasteiger partial charge on any atom is -0.465 e. The molecule has 0 saturated heterocycles. The van der Waals surface area contributed by atoms with E-state index in [0.717, 1.165) is 16.8 Å². The first-order chi connectivity index (χ1) is 13.5. The molecule has 0 spiro atoms. The van der Waals surface area contributed by atoms with E-state index in [1.165, 1.54) is 13.3 Å². The summed E-state index contributed by atoms with van der Waals surface area (Å²) >= 11 is 0. The highest BCUT2D eigenvalue weighted by molar-refractivity contribution is 6.05. The van der Waals surface area contributed by atoms with Crippen molar-refractivity contribution in [2.24, 2.45) is 0 Å². The first kappa shape index (κ1) is 19.1. The smallest absolute Gasteiger partial charge is 0.339 e. The van der Waals surface area contributed by atoms with Crippen molar-refractivity contribution in [3.05, 3.63) is 83.2 Å². The highest BCUT2D eigenvalue weighted by Crippen LogP contribution is 2.23. The summed E-state index contributed by atoms with van der Waals surface area (Å²) in [4.78, 5) is 28.8. The number of nitrogens with zero attached hydrogens (tertiary/aromatic N) is 1. The molecule has 142 valence electrons. The van der Waals surface area contributed by atoms with Crippen LogP contribution in [0.4, 0.5) is 17.1 Å². The predicted molar refractivity (Wildman–Crippen MR) is 109 cm³/mol.